The molecule has 4 nitrogen and oxygen atoms in total. The second kappa shape index (κ2) is 3.38. The van der Waals surface area contributed by atoms with Crippen LogP contribution >= 0.6 is 11.6 Å². The Morgan fingerprint density at radius 1 is 1.40 bits per heavy atom. The third-order valence-electron chi connectivity index (χ3n) is 2.83. The van der Waals surface area contributed by atoms with E-state index in [-0.39, 0.29) is 5.28 Å². The van der Waals surface area contributed by atoms with Gasteiger partial charge < -0.3 is 10.3 Å². The molecular formula is C10H11ClN4. The van der Waals surface area contributed by atoms with Crippen molar-refractivity contribution in [3.63, 3.8) is 0 Å². The van der Waals surface area contributed by atoms with E-state index in [0.717, 1.165) is 16.9 Å². The van der Waals surface area contributed by atoms with Crippen LogP contribution in [0, 0.1) is 0 Å². The molecule has 0 aromatic carbocycles. The van der Waals surface area contributed by atoms with E-state index in [1.165, 1.54) is 19.3 Å². The maximum Gasteiger partial charge on any atom is 0.226 e. The topological polar surface area (TPSA) is 53.6 Å². The van der Waals surface area contributed by atoms with Crippen molar-refractivity contribution in [1.82, 2.24) is 15.0 Å². The lowest BCUT2D eigenvalue weighted by atomic mass is 9.93. The maximum absolute atomic E-state index is 5.84. The third-order valence-corrected chi connectivity index (χ3v) is 3.00. The fraction of sp³-hybridized carbons (Fsp3) is 0.400. The SMILES string of the molecule is Clc1nc(NC2CCC2)c2cc[nH]c2n1. The Morgan fingerprint density at radius 3 is 3.00 bits per heavy atom. The van der Waals surface area contributed by atoms with E-state index in [9.17, 15) is 0 Å². The monoisotopic (exact) mass is 222 g/mol. The van der Waals surface area contributed by atoms with Crippen molar-refractivity contribution < 1.29 is 0 Å². The fourth-order valence-corrected chi connectivity index (χ4v) is 1.94. The number of halogens is 1. The summed E-state index contributed by atoms with van der Waals surface area (Å²) in [5.41, 5.74) is 0.789. The van der Waals surface area contributed by atoms with Crippen LogP contribution in [0.5, 0.6) is 0 Å². The normalized spacial score (nSPS) is 16.6. The molecule has 0 aliphatic heterocycles. The summed E-state index contributed by atoms with van der Waals surface area (Å²) in [6.45, 7) is 0. The van der Waals surface area contributed by atoms with Crippen molar-refractivity contribution in [3.8, 4) is 0 Å². The van der Waals surface area contributed by atoms with Crippen molar-refractivity contribution in [2.24, 2.45) is 0 Å². The Balaban J connectivity index is 2.02. The molecule has 3 rings (SSSR count). The standard InChI is InChI=1S/C10H11ClN4/c11-10-14-8-7(4-5-12-8)9(15-10)13-6-2-1-3-6/h4-6H,1-3H2,(H2,12,13,14,15). The van der Waals surface area contributed by atoms with Gasteiger partial charge in [0.15, 0.2) is 0 Å². The molecule has 0 spiro atoms. The minimum absolute atomic E-state index is 0.284. The zero-order valence-corrected chi connectivity index (χ0v) is 8.88. The van der Waals surface area contributed by atoms with Gasteiger partial charge in [-0.15, -0.1) is 0 Å². The summed E-state index contributed by atoms with van der Waals surface area (Å²) < 4.78 is 0. The third kappa shape index (κ3) is 1.55. The van der Waals surface area contributed by atoms with E-state index < -0.39 is 0 Å². The predicted molar refractivity (Wildman–Crippen MR) is 60.2 cm³/mol. The largest absolute Gasteiger partial charge is 0.367 e. The Labute approximate surface area is 92.1 Å². The van der Waals surface area contributed by atoms with Crippen molar-refractivity contribution in [3.05, 3.63) is 17.5 Å². The van der Waals surface area contributed by atoms with E-state index in [1.54, 1.807) is 0 Å². The lowest BCUT2D eigenvalue weighted by molar-refractivity contribution is 0.445. The van der Waals surface area contributed by atoms with Crippen LogP contribution in [0.4, 0.5) is 5.82 Å². The Bertz CT molecular complexity index is 489. The van der Waals surface area contributed by atoms with Crippen LogP contribution in [0.1, 0.15) is 19.3 Å². The summed E-state index contributed by atoms with van der Waals surface area (Å²) in [4.78, 5) is 11.4. The summed E-state index contributed by atoms with van der Waals surface area (Å²) in [7, 11) is 0. The molecule has 15 heavy (non-hydrogen) atoms. The maximum atomic E-state index is 5.84. The molecule has 2 aromatic heterocycles. The average molecular weight is 223 g/mol. The number of hydrogen-bond acceptors (Lipinski definition) is 3. The summed E-state index contributed by atoms with van der Waals surface area (Å²) in [6, 6.07) is 2.52. The first kappa shape index (κ1) is 8.97. The second-order valence-electron chi connectivity index (χ2n) is 3.85. The molecule has 0 radical (unpaired) electrons. The summed E-state index contributed by atoms with van der Waals surface area (Å²) in [5.74, 6) is 0.843. The number of fused-ring (bicyclic) bond motifs is 1. The van der Waals surface area contributed by atoms with Crippen LogP contribution in [-0.4, -0.2) is 21.0 Å². The first-order valence-corrected chi connectivity index (χ1v) is 5.48. The lowest BCUT2D eigenvalue weighted by Crippen LogP contribution is -2.27. The highest BCUT2D eigenvalue weighted by atomic mass is 35.5. The second-order valence-corrected chi connectivity index (χ2v) is 4.19. The Hall–Kier alpha value is -1.29. The van der Waals surface area contributed by atoms with Crippen molar-refractivity contribution in [2.45, 2.75) is 25.3 Å². The molecule has 78 valence electrons. The first-order chi connectivity index (χ1) is 7.33. The van der Waals surface area contributed by atoms with Gasteiger partial charge in [-0.25, -0.2) is 4.98 Å². The zero-order valence-electron chi connectivity index (χ0n) is 8.13. The number of aromatic nitrogens is 3. The van der Waals surface area contributed by atoms with Gasteiger partial charge in [-0.3, -0.25) is 0 Å². The van der Waals surface area contributed by atoms with Gasteiger partial charge in [-0.2, -0.15) is 4.98 Å². The van der Waals surface area contributed by atoms with Gasteiger partial charge in [-0.05, 0) is 36.9 Å². The predicted octanol–water partition coefficient (Wildman–Crippen LogP) is 2.58. The van der Waals surface area contributed by atoms with E-state index in [4.69, 9.17) is 11.6 Å². The number of rotatable bonds is 2. The van der Waals surface area contributed by atoms with Crippen LogP contribution in [-0.2, 0) is 0 Å². The van der Waals surface area contributed by atoms with Crippen LogP contribution < -0.4 is 5.32 Å². The quantitative estimate of drug-likeness (QED) is 0.768. The molecule has 1 saturated carbocycles. The first-order valence-electron chi connectivity index (χ1n) is 5.10. The molecule has 0 bridgehead atoms. The molecule has 2 N–H and O–H groups in total. The summed E-state index contributed by atoms with van der Waals surface area (Å²) in [6.07, 6.45) is 5.58. The van der Waals surface area contributed by atoms with E-state index in [2.05, 4.69) is 20.3 Å². The Kier molecular flexibility index (Phi) is 2.02. The van der Waals surface area contributed by atoms with Crippen LogP contribution in [0.25, 0.3) is 11.0 Å². The molecule has 0 amide bonds. The highest BCUT2D eigenvalue weighted by Crippen LogP contribution is 2.27. The summed E-state index contributed by atoms with van der Waals surface area (Å²) in [5, 5.41) is 4.68. The van der Waals surface area contributed by atoms with Gasteiger partial charge in [0, 0.05) is 12.2 Å². The van der Waals surface area contributed by atoms with Crippen molar-refractivity contribution in [2.75, 3.05) is 5.32 Å². The van der Waals surface area contributed by atoms with Gasteiger partial charge in [0.2, 0.25) is 5.28 Å². The minimum atomic E-state index is 0.284. The van der Waals surface area contributed by atoms with Crippen LogP contribution in [0.2, 0.25) is 5.28 Å². The van der Waals surface area contributed by atoms with E-state index in [1.807, 2.05) is 12.3 Å². The number of hydrogen-bond donors (Lipinski definition) is 2. The fourth-order valence-electron chi connectivity index (χ4n) is 1.77. The highest BCUT2D eigenvalue weighted by molar-refractivity contribution is 6.28. The molecule has 0 saturated heterocycles. The molecule has 2 heterocycles. The van der Waals surface area contributed by atoms with Gasteiger partial charge >= 0.3 is 0 Å². The van der Waals surface area contributed by atoms with E-state index in [0.29, 0.717) is 6.04 Å². The molecule has 2 aromatic rings. The van der Waals surface area contributed by atoms with Crippen LogP contribution in [0.15, 0.2) is 12.3 Å². The van der Waals surface area contributed by atoms with Crippen molar-refractivity contribution in [1.29, 1.82) is 0 Å². The molecule has 0 atom stereocenters. The number of H-pyrrole nitrogens is 1. The lowest BCUT2D eigenvalue weighted by Gasteiger charge is -2.27. The number of anilines is 1. The van der Waals surface area contributed by atoms with E-state index >= 15 is 0 Å². The summed E-state index contributed by atoms with van der Waals surface area (Å²) >= 11 is 5.84. The van der Waals surface area contributed by atoms with Gasteiger partial charge in [0.1, 0.15) is 11.5 Å². The molecular weight excluding hydrogens is 212 g/mol. The number of aromatic amines is 1. The number of nitrogens with zero attached hydrogens (tertiary/aromatic N) is 2. The van der Waals surface area contributed by atoms with Crippen LogP contribution in [0.3, 0.4) is 0 Å². The molecule has 1 aliphatic rings. The average Bonchev–Trinajstić information content (AvgIpc) is 2.58. The van der Waals surface area contributed by atoms with Gasteiger partial charge in [0.05, 0.1) is 5.39 Å². The molecule has 1 aliphatic carbocycles. The van der Waals surface area contributed by atoms with Gasteiger partial charge in [0.25, 0.3) is 0 Å². The molecule has 5 heteroatoms. The number of nitrogens with one attached hydrogen (secondary N) is 2. The minimum Gasteiger partial charge on any atom is -0.367 e. The Morgan fingerprint density at radius 2 is 2.27 bits per heavy atom. The molecule has 1 fully saturated rings. The van der Waals surface area contributed by atoms with Gasteiger partial charge in [-0.1, -0.05) is 0 Å². The smallest absolute Gasteiger partial charge is 0.226 e. The van der Waals surface area contributed by atoms with Crippen molar-refractivity contribution >= 4 is 28.5 Å². The molecule has 0 unspecified atom stereocenters. The zero-order chi connectivity index (χ0) is 10.3. The highest BCUT2D eigenvalue weighted by Gasteiger charge is 2.19.